The van der Waals surface area contributed by atoms with Crippen molar-refractivity contribution in [3.63, 3.8) is 0 Å². The van der Waals surface area contributed by atoms with E-state index >= 15 is 0 Å². The number of likely N-dealkylation sites (N-methyl/N-ethyl adjacent to an activating group) is 2. The second-order valence-corrected chi connectivity index (χ2v) is 5.50. The summed E-state index contributed by atoms with van der Waals surface area (Å²) in [5.41, 5.74) is 0.522. The predicted octanol–water partition coefficient (Wildman–Crippen LogP) is 1.71. The lowest BCUT2D eigenvalue weighted by molar-refractivity contribution is -0.123. The summed E-state index contributed by atoms with van der Waals surface area (Å²) in [7, 11) is 3.93. The normalized spacial score (nSPS) is 21.7. The highest BCUT2D eigenvalue weighted by molar-refractivity contribution is 5.86. The van der Waals surface area contributed by atoms with Crippen LogP contribution in [-0.2, 0) is 11.2 Å². The maximum Gasteiger partial charge on any atom is 0.159 e. The number of Topliss-reactive ketones (excluding diaryl/α,β-unsaturated/α-hetero) is 1. The summed E-state index contributed by atoms with van der Waals surface area (Å²) >= 11 is 0. The molecule has 1 saturated heterocycles. The van der Waals surface area contributed by atoms with E-state index in [1.165, 1.54) is 6.07 Å². The van der Waals surface area contributed by atoms with Crippen molar-refractivity contribution >= 4 is 5.78 Å². The number of rotatable bonds is 3. The minimum Gasteiger partial charge on any atom is -0.304 e. The van der Waals surface area contributed by atoms with Gasteiger partial charge in [-0.05, 0) is 51.3 Å². The van der Waals surface area contributed by atoms with Gasteiger partial charge in [0.1, 0.15) is 0 Å². The van der Waals surface area contributed by atoms with Crippen LogP contribution in [0, 0.1) is 11.6 Å². The van der Waals surface area contributed by atoms with E-state index in [0.29, 0.717) is 12.1 Å². The number of ketones is 1. The van der Waals surface area contributed by atoms with Gasteiger partial charge in [0.05, 0.1) is 6.04 Å². The van der Waals surface area contributed by atoms with Crippen LogP contribution in [0.5, 0.6) is 0 Å². The Bertz CT molecular complexity index is 493. The van der Waals surface area contributed by atoms with Crippen LogP contribution < -0.4 is 0 Å². The molecule has 110 valence electrons. The van der Waals surface area contributed by atoms with Gasteiger partial charge < -0.3 is 4.90 Å². The lowest BCUT2D eigenvalue weighted by Crippen LogP contribution is -2.44. The Balaban J connectivity index is 2.07. The molecule has 1 aliphatic heterocycles. The average molecular weight is 282 g/mol. The smallest absolute Gasteiger partial charge is 0.159 e. The minimum absolute atomic E-state index is 0.0484. The molecule has 0 bridgehead atoms. The molecular formula is C15H20F2N2O. The van der Waals surface area contributed by atoms with Gasteiger partial charge in [-0.3, -0.25) is 9.69 Å². The van der Waals surface area contributed by atoms with Crippen molar-refractivity contribution in [2.75, 3.05) is 33.7 Å². The summed E-state index contributed by atoms with van der Waals surface area (Å²) in [5.74, 6) is -1.73. The van der Waals surface area contributed by atoms with Crippen molar-refractivity contribution in [2.24, 2.45) is 0 Å². The summed E-state index contributed by atoms with van der Waals surface area (Å²) in [5, 5.41) is 0. The van der Waals surface area contributed by atoms with Crippen molar-refractivity contribution < 1.29 is 13.6 Å². The van der Waals surface area contributed by atoms with Gasteiger partial charge in [-0.2, -0.15) is 0 Å². The van der Waals surface area contributed by atoms with Gasteiger partial charge in [-0.25, -0.2) is 8.78 Å². The zero-order chi connectivity index (χ0) is 14.7. The van der Waals surface area contributed by atoms with E-state index in [4.69, 9.17) is 0 Å². The molecule has 1 fully saturated rings. The van der Waals surface area contributed by atoms with Gasteiger partial charge in [0.15, 0.2) is 17.4 Å². The van der Waals surface area contributed by atoms with Crippen LogP contribution in [-0.4, -0.2) is 55.4 Å². The van der Waals surface area contributed by atoms with Crippen molar-refractivity contribution in [1.29, 1.82) is 0 Å². The molecule has 1 unspecified atom stereocenters. The molecule has 1 heterocycles. The maximum atomic E-state index is 13.2. The first-order valence-electron chi connectivity index (χ1n) is 6.83. The summed E-state index contributed by atoms with van der Waals surface area (Å²) < 4.78 is 26.1. The lowest BCUT2D eigenvalue weighted by atomic mass is 10.0. The zero-order valence-electron chi connectivity index (χ0n) is 11.9. The van der Waals surface area contributed by atoms with Gasteiger partial charge in [0.25, 0.3) is 0 Å². The van der Waals surface area contributed by atoms with Gasteiger partial charge >= 0.3 is 0 Å². The van der Waals surface area contributed by atoms with Crippen LogP contribution in [0.2, 0.25) is 0 Å². The number of hydrogen-bond donors (Lipinski definition) is 0. The molecule has 1 aromatic carbocycles. The Kier molecular flexibility index (Phi) is 4.83. The first kappa shape index (κ1) is 15.1. The third-order valence-corrected chi connectivity index (χ3v) is 3.80. The quantitative estimate of drug-likeness (QED) is 0.843. The molecular weight excluding hydrogens is 262 g/mol. The zero-order valence-corrected chi connectivity index (χ0v) is 11.9. The van der Waals surface area contributed by atoms with Crippen LogP contribution in [0.4, 0.5) is 8.78 Å². The van der Waals surface area contributed by atoms with Crippen molar-refractivity contribution in [1.82, 2.24) is 9.80 Å². The monoisotopic (exact) mass is 282 g/mol. The predicted molar refractivity (Wildman–Crippen MR) is 73.6 cm³/mol. The molecule has 1 aromatic rings. The Hall–Kier alpha value is -1.33. The highest BCUT2D eigenvalue weighted by Gasteiger charge is 2.26. The molecule has 5 heteroatoms. The molecule has 0 spiro atoms. The second kappa shape index (κ2) is 6.41. The SMILES string of the molecule is CN1CCCN(C)C(C(=O)Cc2ccc(F)c(F)c2)C1. The first-order chi connectivity index (χ1) is 9.47. The third kappa shape index (κ3) is 3.61. The van der Waals surface area contributed by atoms with E-state index in [9.17, 15) is 13.6 Å². The lowest BCUT2D eigenvalue weighted by Gasteiger charge is -2.26. The van der Waals surface area contributed by atoms with Crippen molar-refractivity contribution in [3.8, 4) is 0 Å². The summed E-state index contributed by atoms with van der Waals surface area (Å²) in [6.07, 6.45) is 1.17. The molecule has 0 aromatic heterocycles. The van der Waals surface area contributed by atoms with Gasteiger partial charge in [0, 0.05) is 13.0 Å². The standard InChI is InChI=1S/C15H20F2N2O/c1-18-6-3-7-19(2)14(10-18)15(20)9-11-4-5-12(16)13(17)8-11/h4-5,8,14H,3,6-7,9-10H2,1-2H3. The maximum absolute atomic E-state index is 13.2. The molecule has 20 heavy (non-hydrogen) atoms. The number of carbonyl (C=O) groups is 1. The Labute approximate surface area is 118 Å². The van der Waals surface area contributed by atoms with E-state index in [1.54, 1.807) is 0 Å². The number of carbonyl (C=O) groups excluding carboxylic acids is 1. The summed E-state index contributed by atoms with van der Waals surface area (Å²) in [4.78, 5) is 16.6. The van der Waals surface area contributed by atoms with E-state index in [-0.39, 0.29) is 18.2 Å². The number of halogens is 2. The second-order valence-electron chi connectivity index (χ2n) is 5.50. The highest BCUT2D eigenvalue weighted by Crippen LogP contribution is 2.13. The molecule has 0 aliphatic carbocycles. The summed E-state index contributed by atoms with van der Waals surface area (Å²) in [6.45, 7) is 2.52. The molecule has 1 aliphatic rings. The van der Waals surface area contributed by atoms with Crippen molar-refractivity contribution in [3.05, 3.63) is 35.4 Å². The van der Waals surface area contributed by atoms with Gasteiger partial charge in [-0.1, -0.05) is 6.07 Å². The fourth-order valence-electron chi connectivity index (χ4n) is 2.59. The fourth-order valence-corrected chi connectivity index (χ4v) is 2.59. The van der Waals surface area contributed by atoms with Gasteiger partial charge in [-0.15, -0.1) is 0 Å². The Morgan fingerprint density at radius 1 is 1.25 bits per heavy atom. The van der Waals surface area contributed by atoms with E-state index < -0.39 is 11.6 Å². The molecule has 0 N–H and O–H groups in total. The van der Waals surface area contributed by atoms with E-state index in [1.807, 2.05) is 19.0 Å². The number of benzene rings is 1. The van der Waals surface area contributed by atoms with E-state index in [2.05, 4.69) is 4.90 Å². The van der Waals surface area contributed by atoms with Crippen LogP contribution in [0.15, 0.2) is 18.2 Å². The molecule has 2 rings (SSSR count). The number of hydrogen-bond acceptors (Lipinski definition) is 3. The molecule has 0 amide bonds. The van der Waals surface area contributed by atoms with Crippen LogP contribution in [0.3, 0.4) is 0 Å². The highest BCUT2D eigenvalue weighted by atomic mass is 19.2. The molecule has 0 radical (unpaired) electrons. The van der Waals surface area contributed by atoms with Crippen LogP contribution in [0.25, 0.3) is 0 Å². The molecule has 1 atom stereocenters. The van der Waals surface area contributed by atoms with Gasteiger partial charge in [0.2, 0.25) is 0 Å². The van der Waals surface area contributed by atoms with Crippen LogP contribution >= 0.6 is 0 Å². The molecule has 0 saturated carbocycles. The average Bonchev–Trinajstić information content (AvgIpc) is 2.56. The van der Waals surface area contributed by atoms with Crippen molar-refractivity contribution in [2.45, 2.75) is 18.9 Å². The van der Waals surface area contributed by atoms with E-state index in [0.717, 1.165) is 31.6 Å². The topological polar surface area (TPSA) is 23.6 Å². The Morgan fingerprint density at radius 2 is 2.00 bits per heavy atom. The third-order valence-electron chi connectivity index (χ3n) is 3.80. The Morgan fingerprint density at radius 3 is 2.70 bits per heavy atom. The first-order valence-corrected chi connectivity index (χ1v) is 6.83. The largest absolute Gasteiger partial charge is 0.304 e. The molecule has 3 nitrogen and oxygen atoms in total. The summed E-state index contributed by atoms with van der Waals surface area (Å²) in [6, 6.07) is 3.46. The van der Waals surface area contributed by atoms with Crippen LogP contribution in [0.1, 0.15) is 12.0 Å². The minimum atomic E-state index is -0.901. The fraction of sp³-hybridized carbons (Fsp3) is 0.533. The number of nitrogens with zero attached hydrogens (tertiary/aromatic N) is 2.